The van der Waals surface area contributed by atoms with Crippen molar-refractivity contribution in [3.63, 3.8) is 0 Å². The lowest BCUT2D eigenvalue weighted by molar-refractivity contribution is 0.0909. The van der Waals surface area contributed by atoms with Gasteiger partial charge in [0.2, 0.25) is 5.56 Å². The smallest absolute Gasteiger partial charge is 0.252 e. The number of aliphatic hydroxyl groups is 1. The number of pyridine rings is 1. The van der Waals surface area contributed by atoms with Crippen molar-refractivity contribution in [1.29, 1.82) is 0 Å². The first kappa shape index (κ1) is 13.8. The van der Waals surface area contributed by atoms with Gasteiger partial charge in [0.05, 0.1) is 5.56 Å². The van der Waals surface area contributed by atoms with E-state index in [0.717, 1.165) is 25.7 Å². The molecule has 1 aromatic rings. The van der Waals surface area contributed by atoms with Crippen molar-refractivity contribution in [2.75, 3.05) is 13.2 Å². The second-order valence-electron chi connectivity index (χ2n) is 5.14. The third-order valence-corrected chi connectivity index (χ3v) is 3.87. The Hall–Kier alpha value is -1.62. The third kappa shape index (κ3) is 3.67. The molecule has 19 heavy (non-hydrogen) atoms. The van der Waals surface area contributed by atoms with Crippen LogP contribution in [0.15, 0.2) is 23.1 Å². The van der Waals surface area contributed by atoms with Crippen LogP contribution >= 0.6 is 0 Å². The highest BCUT2D eigenvalue weighted by molar-refractivity contribution is 5.93. The number of carbonyl (C=O) groups is 1. The molecule has 0 bridgehead atoms. The summed E-state index contributed by atoms with van der Waals surface area (Å²) in [7, 11) is 0. The summed E-state index contributed by atoms with van der Waals surface area (Å²) in [5.74, 6) is 0.466. The number of aliphatic hydroxyl groups excluding tert-OH is 1. The Balaban J connectivity index is 1.89. The van der Waals surface area contributed by atoms with Crippen molar-refractivity contribution in [3.8, 4) is 0 Å². The molecule has 1 aliphatic rings. The van der Waals surface area contributed by atoms with Gasteiger partial charge in [-0.25, -0.2) is 0 Å². The molecule has 2 atom stereocenters. The maximum Gasteiger partial charge on any atom is 0.252 e. The molecule has 1 saturated carbocycles. The fourth-order valence-corrected chi connectivity index (χ4v) is 2.67. The highest BCUT2D eigenvalue weighted by atomic mass is 16.3. The molecule has 5 nitrogen and oxygen atoms in total. The maximum atomic E-state index is 11.9. The molecule has 2 unspecified atom stereocenters. The van der Waals surface area contributed by atoms with Gasteiger partial charge in [-0.3, -0.25) is 9.59 Å². The van der Waals surface area contributed by atoms with Crippen LogP contribution in [-0.4, -0.2) is 29.1 Å². The number of aromatic amines is 1. The zero-order valence-electron chi connectivity index (χ0n) is 10.9. The molecule has 104 valence electrons. The molecule has 0 aliphatic heterocycles. The Morgan fingerprint density at radius 2 is 2.05 bits per heavy atom. The zero-order valence-corrected chi connectivity index (χ0v) is 10.9. The average Bonchev–Trinajstić information content (AvgIpc) is 2.45. The van der Waals surface area contributed by atoms with E-state index in [9.17, 15) is 14.7 Å². The first-order chi connectivity index (χ1) is 9.20. The highest BCUT2D eigenvalue weighted by Gasteiger charge is 2.24. The number of aromatic nitrogens is 1. The average molecular weight is 264 g/mol. The summed E-state index contributed by atoms with van der Waals surface area (Å²) >= 11 is 0. The Morgan fingerprint density at radius 1 is 1.32 bits per heavy atom. The van der Waals surface area contributed by atoms with Crippen LogP contribution in [0.2, 0.25) is 0 Å². The minimum Gasteiger partial charge on any atom is -0.396 e. The summed E-state index contributed by atoms with van der Waals surface area (Å²) in [4.78, 5) is 25.3. The van der Waals surface area contributed by atoms with E-state index in [-0.39, 0.29) is 18.1 Å². The van der Waals surface area contributed by atoms with E-state index in [4.69, 9.17) is 0 Å². The highest BCUT2D eigenvalue weighted by Crippen LogP contribution is 2.29. The van der Waals surface area contributed by atoms with Crippen molar-refractivity contribution in [2.24, 2.45) is 11.8 Å². The quantitative estimate of drug-likeness (QED) is 0.755. The number of hydrogen-bond acceptors (Lipinski definition) is 3. The second kappa shape index (κ2) is 6.52. The van der Waals surface area contributed by atoms with Crippen molar-refractivity contribution in [1.82, 2.24) is 10.3 Å². The summed E-state index contributed by atoms with van der Waals surface area (Å²) in [6.07, 6.45) is 5.83. The molecule has 1 aromatic heterocycles. The molecule has 2 rings (SSSR count). The molecular formula is C14H20N2O3. The monoisotopic (exact) mass is 264 g/mol. The number of carbonyl (C=O) groups excluding carboxylic acids is 1. The van der Waals surface area contributed by atoms with Gasteiger partial charge in [0.15, 0.2) is 0 Å². The van der Waals surface area contributed by atoms with E-state index < -0.39 is 0 Å². The molecule has 0 saturated heterocycles. The Labute approximate surface area is 112 Å². The van der Waals surface area contributed by atoms with Crippen LogP contribution in [0.3, 0.4) is 0 Å². The first-order valence-corrected chi connectivity index (χ1v) is 6.78. The predicted octanol–water partition coefficient (Wildman–Crippen LogP) is 0.903. The maximum absolute atomic E-state index is 11.9. The Bertz CT molecular complexity index is 463. The summed E-state index contributed by atoms with van der Waals surface area (Å²) < 4.78 is 0. The van der Waals surface area contributed by atoms with Gasteiger partial charge in [-0.05, 0) is 30.7 Å². The van der Waals surface area contributed by atoms with E-state index in [1.54, 1.807) is 0 Å². The number of rotatable bonds is 4. The zero-order chi connectivity index (χ0) is 13.7. The fourth-order valence-electron chi connectivity index (χ4n) is 2.67. The third-order valence-electron chi connectivity index (χ3n) is 3.87. The topological polar surface area (TPSA) is 82.2 Å². The van der Waals surface area contributed by atoms with E-state index in [1.807, 2.05) is 0 Å². The fraction of sp³-hybridized carbons (Fsp3) is 0.571. The van der Waals surface area contributed by atoms with Gasteiger partial charge < -0.3 is 15.4 Å². The molecule has 1 heterocycles. The SMILES string of the molecule is O=C(NCC1CCCCC1CO)c1ccc(=O)[nH]c1. The minimum atomic E-state index is -0.218. The van der Waals surface area contributed by atoms with E-state index in [2.05, 4.69) is 10.3 Å². The molecule has 1 fully saturated rings. The molecule has 0 aromatic carbocycles. The van der Waals surface area contributed by atoms with E-state index in [0.29, 0.717) is 23.9 Å². The number of nitrogens with one attached hydrogen (secondary N) is 2. The van der Waals surface area contributed by atoms with Crippen molar-refractivity contribution in [2.45, 2.75) is 25.7 Å². The summed E-state index contributed by atoms with van der Waals surface area (Å²) in [6.45, 7) is 0.780. The number of hydrogen-bond donors (Lipinski definition) is 3. The standard InChI is InChI=1S/C14H20N2O3/c17-9-12-4-2-1-3-10(12)7-16-14(19)11-5-6-13(18)15-8-11/h5-6,8,10,12,17H,1-4,7,9H2,(H,15,18)(H,16,19). The van der Waals surface area contributed by atoms with Crippen LogP contribution in [0.1, 0.15) is 36.0 Å². The van der Waals surface area contributed by atoms with Gasteiger partial charge in [-0.15, -0.1) is 0 Å². The van der Waals surface area contributed by atoms with Crippen molar-refractivity contribution >= 4 is 5.91 Å². The van der Waals surface area contributed by atoms with Gasteiger partial charge in [0.1, 0.15) is 0 Å². The van der Waals surface area contributed by atoms with Crippen LogP contribution in [0.25, 0.3) is 0 Å². The van der Waals surface area contributed by atoms with Gasteiger partial charge in [-0.1, -0.05) is 12.8 Å². The lowest BCUT2D eigenvalue weighted by Crippen LogP contribution is -2.35. The Kier molecular flexibility index (Phi) is 4.74. The minimum absolute atomic E-state index is 0.182. The first-order valence-electron chi connectivity index (χ1n) is 6.78. The van der Waals surface area contributed by atoms with Crippen LogP contribution in [0.4, 0.5) is 0 Å². The summed E-state index contributed by atoms with van der Waals surface area (Å²) in [5, 5.41) is 12.2. The number of H-pyrrole nitrogens is 1. The van der Waals surface area contributed by atoms with Gasteiger partial charge >= 0.3 is 0 Å². The predicted molar refractivity (Wildman–Crippen MR) is 71.9 cm³/mol. The molecular weight excluding hydrogens is 244 g/mol. The largest absolute Gasteiger partial charge is 0.396 e. The molecule has 0 spiro atoms. The second-order valence-corrected chi connectivity index (χ2v) is 5.14. The number of amides is 1. The van der Waals surface area contributed by atoms with E-state index >= 15 is 0 Å². The molecule has 1 aliphatic carbocycles. The van der Waals surface area contributed by atoms with Crippen LogP contribution < -0.4 is 10.9 Å². The van der Waals surface area contributed by atoms with E-state index in [1.165, 1.54) is 18.3 Å². The van der Waals surface area contributed by atoms with Gasteiger partial charge in [-0.2, -0.15) is 0 Å². The van der Waals surface area contributed by atoms with Crippen molar-refractivity contribution < 1.29 is 9.90 Å². The normalized spacial score (nSPS) is 23.0. The lowest BCUT2D eigenvalue weighted by Gasteiger charge is -2.30. The van der Waals surface area contributed by atoms with Crippen LogP contribution in [0, 0.1) is 11.8 Å². The molecule has 0 radical (unpaired) electrons. The summed E-state index contributed by atoms with van der Waals surface area (Å²) in [5.41, 5.74) is 0.236. The molecule has 1 amide bonds. The molecule has 3 N–H and O–H groups in total. The lowest BCUT2D eigenvalue weighted by atomic mass is 9.79. The van der Waals surface area contributed by atoms with Crippen LogP contribution in [0.5, 0.6) is 0 Å². The van der Waals surface area contributed by atoms with Crippen molar-refractivity contribution in [3.05, 3.63) is 34.2 Å². The Morgan fingerprint density at radius 3 is 2.68 bits per heavy atom. The summed E-state index contributed by atoms with van der Waals surface area (Å²) in [6, 6.07) is 2.85. The van der Waals surface area contributed by atoms with Crippen LogP contribution in [-0.2, 0) is 0 Å². The van der Waals surface area contributed by atoms with Gasteiger partial charge in [0, 0.05) is 25.4 Å². The van der Waals surface area contributed by atoms with Gasteiger partial charge in [0.25, 0.3) is 5.91 Å². The molecule has 5 heteroatoms.